The van der Waals surface area contributed by atoms with E-state index >= 15 is 0 Å². The van der Waals surface area contributed by atoms with Gasteiger partial charge in [0.1, 0.15) is 0 Å². The van der Waals surface area contributed by atoms with Crippen LogP contribution in [0, 0.1) is 5.92 Å². The van der Waals surface area contributed by atoms with Crippen LogP contribution in [-0.2, 0) is 0 Å². The molecule has 4 N–H and O–H groups in total. The summed E-state index contributed by atoms with van der Waals surface area (Å²) in [6, 6.07) is 0.312. The zero-order valence-electron chi connectivity index (χ0n) is 7.46. The molecule has 1 saturated heterocycles. The summed E-state index contributed by atoms with van der Waals surface area (Å²) in [6.07, 6.45) is 1.21. The van der Waals surface area contributed by atoms with Crippen LogP contribution in [0.1, 0.15) is 13.3 Å². The van der Waals surface area contributed by atoms with Crippen molar-refractivity contribution >= 4 is 0 Å². The maximum absolute atomic E-state index is 5.93. The van der Waals surface area contributed by atoms with E-state index in [0.29, 0.717) is 5.92 Å². The molecule has 3 unspecified atom stereocenters. The summed E-state index contributed by atoms with van der Waals surface area (Å²) in [6.45, 7) is 4.27. The molecular weight excluding hydrogens is 138 g/mol. The third kappa shape index (κ3) is 2.15. The minimum atomic E-state index is 0.131. The van der Waals surface area contributed by atoms with Crippen LogP contribution in [-0.4, -0.2) is 37.1 Å². The van der Waals surface area contributed by atoms with Gasteiger partial charge < -0.3 is 16.4 Å². The van der Waals surface area contributed by atoms with E-state index in [9.17, 15) is 0 Å². The Bertz CT molecular complexity index is 125. The van der Waals surface area contributed by atoms with Gasteiger partial charge in [0, 0.05) is 18.6 Å². The van der Waals surface area contributed by atoms with E-state index < -0.39 is 0 Å². The highest BCUT2D eigenvalue weighted by Crippen LogP contribution is 2.17. The molecule has 0 aliphatic carbocycles. The van der Waals surface area contributed by atoms with Crippen molar-refractivity contribution < 1.29 is 0 Å². The minimum Gasteiger partial charge on any atom is -0.327 e. The summed E-state index contributed by atoms with van der Waals surface area (Å²) in [5.41, 5.74) is 11.6. The molecular formula is C8H19N3. The van der Waals surface area contributed by atoms with Crippen LogP contribution in [0.4, 0.5) is 0 Å². The molecule has 0 bridgehead atoms. The standard InChI is InChI=1S/C8H19N3/c1-6(9)8(10)7-3-4-11(2)5-7/h6-8H,3-5,9-10H2,1-2H3. The Kier molecular flexibility index (Phi) is 2.87. The summed E-state index contributed by atoms with van der Waals surface area (Å²) >= 11 is 0. The maximum Gasteiger partial charge on any atom is 0.0231 e. The summed E-state index contributed by atoms with van der Waals surface area (Å²) in [7, 11) is 2.13. The Morgan fingerprint density at radius 3 is 2.45 bits per heavy atom. The Morgan fingerprint density at radius 2 is 2.09 bits per heavy atom. The highest BCUT2D eigenvalue weighted by Gasteiger charge is 2.26. The van der Waals surface area contributed by atoms with Crippen molar-refractivity contribution in [2.45, 2.75) is 25.4 Å². The zero-order valence-corrected chi connectivity index (χ0v) is 7.46. The van der Waals surface area contributed by atoms with Gasteiger partial charge in [-0.1, -0.05) is 0 Å². The molecule has 11 heavy (non-hydrogen) atoms. The summed E-state index contributed by atoms with van der Waals surface area (Å²) in [5, 5.41) is 0. The van der Waals surface area contributed by atoms with Crippen molar-refractivity contribution in [1.29, 1.82) is 0 Å². The van der Waals surface area contributed by atoms with Crippen LogP contribution < -0.4 is 11.5 Å². The molecule has 0 saturated carbocycles. The lowest BCUT2D eigenvalue weighted by molar-refractivity contribution is 0.350. The van der Waals surface area contributed by atoms with Gasteiger partial charge >= 0.3 is 0 Å². The summed E-state index contributed by atoms with van der Waals surface area (Å²) in [4.78, 5) is 2.31. The van der Waals surface area contributed by atoms with E-state index in [2.05, 4.69) is 11.9 Å². The number of likely N-dealkylation sites (tertiary alicyclic amines) is 1. The number of nitrogens with two attached hydrogens (primary N) is 2. The first kappa shape index (κ1) is 8.97. The van der Waals surface area contributed by atoms with Gasteiger partial charge in [0.2, 0.25) is 0 Å². The van der Waals surface area contributed by atoms with Gasteiger partial charge in [-0.15, -0.1) is 0 Å². The van der Waals surface area contributed by atoms with Crippen LogP contribution in [0.3, 0.4) is 0 Å². The van der Waals surface area contributed by atoms with Gasteiger partial charge in [-0.25, -0.2) is 0 Å². The fourth-order valence-corrected chi connectivity index (χ4v) is 1.71. The van der Waals surface area contributed by atoms with Crippen LogP contribution in [0.15, 0.2) is 0 Å². The molecule has 0 amide bonds. The third-order valence-electron chi connectivity index (χ3n) is 2.58. The molecule has 1 aliphatic heterocycles. The number of rotatable bonds is 2. The topological polar surface area (TPSA) is 55.3 Å². The molecule has 0 radical (unpaired) electrons. The Hall–Kier alpha value is -0.120. The first-order valence-electron chi connectivity index (χ1n) is 4.31. The van der Waals surface area contributed by atoms with Gasteiger partial charge in [0.15, 0.2) is 0 Å². The first-order chi connectivity index (χ1) is 5.11. The second-order valence-corrected chi connectivity index (χ2v) is 3.75. The summed E-state index contributed by atoms with van der Waals surface area (Å²) in [5.74, 6) is 0.611. The van der Waals surface area contributed by atoms with Crippen molar-refractivity contribution in [3.8, 4) is 0 Å². The molecule has 0 spiro atoms. The van der Waals surface area contributed by atoms with Crippen LogP contribution >= 0.6 is 0 Å². The normalized spacial score (nSPS) is 32.2. The third-order valence-corrected chi connectivity index (χ3v) is 2.58. The van der Waals surface area contributed by atoms with Crippen molar-refractivity contribution in [3.63, 3.8) is 0 Å². The predicted molar refractivity (Wildman–Crippen MR) is 47.2 cm³/mol. The van der Waals surface area contributed by atoms with E-state index in [-0.39, 0.29) is 12.1 Å². The van der Waals surface area contributed by atoms with Crippen LogP contribution in [0.2, 0.25) is 0 Å². The van der Waals surface area contributed by atoms with Crippen LogP contribution in [0.5, 0.6) is 0 Å². The quantitative estimate of drug-likeness (QED) is 0.574. The largest absolute Gasteiger partial charge is 0.327 e. The Labute approximate surface area is 68.7 Å². The maximum atomic E-state index is 5.93. The highest BCUT2D eigenvalue weighted by atomic mass is 15.1. The minimum absolute atomic E-state index is 0.131. The average Bonchev–Trinajstić information content (AvgIpc) is 2.34. The summed E-state index contributed by atoms with van der Waals surface area (Å²) < 4.78 is 0. The lowest BCUT2D eigenvalue weighted by atomic mass is 9.95. The molecule has 3 atom stereocenters. The monoisotopic (exact) mass is 157 g/mol. The zero-order chi connectivity index (χ0) is 8.43. The molecule has 3 heteroatoms. The van der Waals surface area contributed by atoms with Gasteiger partial charge in [0.25, 0.3) is 0 Å². The first-order valence-corrected chi connectivity index (χ1v) is 4.31. The Morgan fingerprint density at radius 1 is 1.45 bits per heavy atom. The van der Waals surface area contributed by atoms with E-state index in [1.54, 1.807) is 0 Å². The molecule has 0 aromatic carbocycles. The Balaban J connectivity index is 2.36. The molecule has 0 aromatic heterocycles. The fraction of sp³-hybridized carbons (Fsp3) is 1.00. The number of hydrogen-bond acceptors (Lipinski definition) is 3. The molecule has 3 nitrogen and oxygen atoms in total. The number of nitrogens with zero attached hydrogens (tertiary/aromatic N) is 1. The lowest BCUT2D eigenvalue weighted by Gasteiger charge is -2.22. The van der Waals surface area contributed by atoms with E-state index in [4.69, 9.17) is 11.5 Å². The van der Waals surface area contributed by atoms with Crippen molar-refractivity contribution in [2.24, 2.45) is 17.4 Å². The van der Waals surface area contributed by atoms with Gasteiger partial charge in [-0.2, -0.15) is 0 Å². The van der Waals surface area contributed by atoms with Gasteiger partial charge in [0.05, 0.1) is 0 Å². The van der Waals surface area contributed by atoms with Crippen molar-refractivity contribution in [2.75, 3.05) is 20.1 Å². The van der Waals surface area contributed by atoms with Crippen LogP contribution in [0.25, 0.3) is 0 Å². The molecule has 1 rings (SSSR count). The van der Waals surface area contributed by atoms with E-state index in [1.165, 1.54) is 13.0 Å². The predicted octanol–water partition coefficient (Wildman–Crippen LogP) is -0.387. The average molecular weight is 157 g/mol. The van der Waals surface area contributed by atoms with Crippen molar-refractivity contribution in [3.05, 3.63) is 0 Å². The molecule has 0 aromatic rings. The smallest absolute Gasteiger partial charge is 0.0231 e. The SMILES string of the molecule is CC(N)C(N)C1CCN(C)C1. The van der Waals surface area contributed by atoms with Gasteiger partial charge in [-0.05, 0) is 32.9 Å². The van der Waals surface area contributed by atoms with E-state index in [0.717, 1.165) is 6.54 Å². The molecule has 1 fully saturated rings. The number of hydrogen-bond donors (Lipinski definition) is 2. The lowest BCUT2D eigenvalue weighted by Crippen LogP contribution is -2.45. The fourth-order valence-electron chi connectivity index (χ4n) is 1.71. The highest BCUT2D eigenvalue weighted by molar-refractivity contribution is 4.86. The molecule has 66 valence electrons. The van der Waals surface area contributed by atoms with Crippen molar-refractivity contribution in [1.82, 2.24) is 4.90 Å². The van der Waals surface area contributed by atoms with E-state index in [1.807, 2.05) is 6.92 Å². The molecule has 1 aliphatic rings. The van der Waals surface area contributed by atoms with Gasteiger partial charge in [-0.3, -0.25) is 0 Å². The second-order valence-electron chi connectivity index (χ2n) is 3.75. The molecule has 1 heterocycles. The second kappa shape index (κ2) is 3.52.